The number of carbonyl (C=O) groups excluding carboxylic acids is 2. The van der Waals surface area contributed by atoms with Crippen molar-refractivity contribution in [2.75, 3.05) is 4.90 Å². The van der Waals surface area contributed by atoms with E-state index in [-0.39, 0.29) is 12.2 Å². The summed E-state index contributed by atoms with van der Waals surface area (Å²) in [5, 5.41) is 3.18. The lowest BCUT2D eigenvalue weighted by Crippen LogP contribution is -2.43. The topological polar surface area (TPSA) is 62.3 Å². The predicted molar refractivity (Wildman–Crippen MR) is 78.4 cm³/mol. The van der Waals surface area contributed by atoms with Crippen LogP contribution in [0.1, 0.15) is 12.0 Å². The van der Waals surface area contributed by atoms with Crippen molar-refractivity contribution in [1.82, 2.24) is 10.3 Å². The van der Waals surface area contributed by atoms with Gasteiger partial charge in [-0.1, -0.05) is 0 Å². The number of nitrogens with zero attached hydrogens (tertiary/aromatic N) is 2. The molecule has 1 saturated heterocycles. The van der Waals surface area contributed by atoms with Gasteiger partial charge >= 0.3 is 0 Å². The third-order valence-electron chi connectivity index (χ3n) is 3.54. The molecular formula is C16H14FN3O2. The summed E-state index contributed by atoms with van der Waals surface area (Å²) >= 11 is 0. The summed E-state index contributed by atoms with van der Waals surface area (Å²) in [6, 6.07) is 9.23. The molecule has 2 heterocycles. The van der Waals surface area contributed by atoms with Crippen molar-refractivity contribution in [2.45, 2.75) is 19.1 Å². The summed E-state index contributed by atoms with van der Waals surface area (Å²) in [5.74, 6) is -1.40. The van der Waals surface area contributed by atoms with Crippen molar-refractivity contribution in [3.63, 3.8) is 0 Å². The van der Waals surface area contributed by atoms with E-state index < -0.39 is 17.9 Å². The van der Waals surface area contributed by atoms with E-state index in [0.29, 0.717) is 12.2 Å². The van der Waals surface area contributed by atoms with Crippen molar-refractivity contribution < 1.29 is 14.0 Å². The molecule has 0 bridgehead atoms. The zero-order valence-electron chi connectivity index (χ0n) is 11.7. The lowest BCUT2D eigenvalue weighted by atomic mass is 10.2. The fourth-order valence-corrected chi connectivity index (χ4v) is 2.43. The summed E-state index contributed by atoms with van der Waals surface area (Å²) < 4.78 is 13.0. The van der Waals surface area contributed by atoms with E-state index in [1.54, 1.807) is 12.4 Å². The minimum atomic E-state index is -0.571. The van der Waals surface area contributed by atoms with Crippen molar-refractivity contribution in [3.8, 4) is 0 Å². The molecular weight excluding hydrogens is 285 g/mol. The van der Waals surface area contributed by atoms with E-state index in [9.17, 15) is 14.0 Å². The molecule has 6 heteroatoms. The first-order chi connectivity index (χ1) is 10.6. The van der Waals surface area contributed by atoms with Crippen LogP contribution in [0.3, 0.4) is 0 Å². The summed E-state index contributed by atoms with van der Waals surface area (Å²) in [5.41, 5.74) is 1.50. The first kappa shape index (κ1) is 14.3. The van der Waals surface area contributed by atoms with Crippen molar-refractivity contribution in [3.05, 3.63) is 60.2 Å². The predicted octanol–water partition coefficient (Wildman–Crippen LogP) is 1.64. The van der Waals surface area contributed by atoms with Crippen LogP contribution in [0.25, 0.3) is 0 Å². The Hall–Kier alpha value is -2.60. The number of hydrogen-bond acceptors (Lipinski definition) is 4. The summed E-state index contributed by atoms with van der Waals surface area (Å²) in [6.45, 7) is 0.505. The highest BCUT2D eigenvalue weighted by molar-refractivity contribution is 6.44. The molecule has 1 fully saturated rings. The van der Waals surface area contributed by atoms with Gasteiger partial charge in [0.1, 0.15) is 5.82 Å². The van der Waals surface area contributed by atoms with Crippen LogP contribution in [0, 0.1) is 5.82 Å². The van der Waals surface area contributed by atoms with Crippen LogP contribution in [0.5, 0.6) is 0 Å². The maximum atomic E-state index is 13.0. The normalized spacial score (nSPS) is 18.0. The molecule has 0 saturated carbocycles. The minimum Gasteiger partial charge on any atom is -0.292 e. The number of amides is 1. The van der Waals surface area contributed by atoms with Gasteiger partial charge in [0, 0.05) is 24.6 Å². The average Bonchev–Trinajstić information content (AvgIpc) is 2.82. The van der Waals surface area contributed by atoms with Gasteiger partial charge in [-0.3, -0.25) is 24.8 Å². The fraction of sp³-hybridized carbons (Fsp3) is 0.188. The zero-order chi connectivity index (χ0) is 15.5. The maximum absolute atomic E-state index is 13.0. The lowest BCUT2D eigenvalue weighted by Gasteiger charge is -2.25. The van der Waals surface area contributed by atoms with Gasteiger partial charge in [0.05, 0.1) is 12.6 Å². The number of Topliss-reactive ketones (excluding diaryl/α,β-unsaturated/α-hetero) is 1. The Morgan fingerprint density at radius 2 is 1.82 bits per heavy atom. The van der Waals surface area contributed by atoms with E-state index in [0.717, 1.165) is 5.56 Å². The SMILES string of the molecule is O=C1CC(NCc2ccncc2)N(c2ccc(F)cc2)C1=O. The molecule has 0 radical (unpaired) electrons. The number of anilines is 1. The maximum Gasteiger partial charge on any atom is 0.295 e. The minimum absolute atomic E-state index is 0.0985. The van der Waals surface area contributed by atoms with Crippen LogP contribution in [0.2, 0.25) is 0 Å². The molecule has 1 unspecified atom stereocenters. The molecule has 1 aliphatic rings. The second kappa shape index (κ2) is 6.03. The number of carbonyl (C=O) groups is 2. The first-order valence-electron chi connectivity index (χ1n) is 6.89. The molecule has 3 rings (SSSR count). The van der Waals surface area contributed by atoms with Gasteiger partial charge in [-0.25, -0.2) is 4.39 Å². The number of aromatic nitrogens is 1. The molecule has 5 nitrogen and oxygen atoms in total. The van der Waals surface area contributed by atoms with Crippen molar-refractivity contribution >= 4 is 17.4 Å². The number of rotatable bonds is 4. The van der Waals surface area contributed by atoms with E-state index in [2.05, 4.69) is 10.3 Å². The number of nitrogens with one attached hydrogen (secondary N) is 1. The first-order valence-corrected chi connectivity index (χ1v) is 6.89. The largest absolute Gasteiger partial charge is 0.295 e. The van der Waals surface area contributed by atoms with Crippen LogP contribution >= 0.6 is 0 Å². The Kier molecular flexibility index (Phi) is 3.93. The fourth-order valence-electron chi connectivity index (χ4n) is 2.43. The van der Waals surface area contributed by atoms with Gasteiger partial charge in [0.2, 0.25) is 5.78 Å². The van der Waals surface area contributed by atoms with E-state index in [1.165, 1.54) is 29.2 Å². The smallest absolute Gasteiger partial charge is 0.292 e. The standard InChI is InChI=1S/C16H14FN3O2/c17-12-1-3-13(4-2-12)20-15(9-14(21)16(20)22)19-10-11-5-7-18-8-6-11/h1-8,15,19H,9-10H2. The highest BCUT2D eigenvalue weighted by Gasteiger charge is 2.38. The lowest BCUT2D eigenvalue weighted by molar-refractivity contribution is -0.133. The third-order valence-corrected chi connectivity index (χ3v) is 3.54. The molecule has 112 valence electrons. The molecule has 1 aliphatic heterocycles. The van der Waals surface area contributed by atoms with Gasteiger partial charge in [-0.15, -0.1) is 0 Å². The summed E-state index contributed by atoms with van der Waals surface area (Å²) in [4.78, 5) is 29.1. The van der Waals surface area contributed by atoms with Crippen molar-refractivity contribution in [2.24, 2.45) is 0 Å². The summed E-state index contributed by atoms with van der Waals surface area (Å²) in [7, 11) is 0. The van der Waals surface area contributed by atoms with Gasteiger partial charge in [-0.2, -0.15) is 0 Å². The zero-order valence-corrected chi connectivity index (χ0v) is 11.7. The quantitative estimate of drug-likeness (QED) is 0.872. The van der Waals surface area contributed by atoms with Crippen LogP contribution in [-0.4, -0.2) is 22.8 Å². The molecule has 2 aromatic rings. The van der Waals surface area contributed by atoms with E-state index in [1.807, 2.05) is 12.1 Å². The Morgan fingerprint density at radius 3 is 2.50 bits per heavy atom. The third kappa shape index (κ3) is 2.87. The number of benzene rings is 1. The molecule has 1 aromatic heterocycles. The van der Waals surface area contributed by atoms with E-state index >= 15 is 0 Å². The number of halogens is 1. The highest BCUT2D eigenvalue weighted by atomic mass is 19.1. The Balaban J connectivity index is 1.78. The molecule has 0 aliphatic carbocycles. The van der Waals surface area contributed by atoms with Gasteiger partial charge in [0.15, 0.2) is 0 Å². The second-order valence-corrected chi connectivity index (χ2v) is 5.03. The molecule has 1 N–H and O–H groups in total. The van der Waals surface area contributed by atoms with Crippen LogP contribution in [0.4, 0.5) is 10.1 Å². The molecule has 1 atom stereocenters. The van der Waals surface area contributed by atoms with Gasteiger partial charge < -0.3 is 0 Å². The van der Waals surface area contributed by atoms with E-state index in [4.69, 9.17) is 0 Å². The molecule has 22 heavy (non-hydrogen) atoms. The van der Waals surface area contributed by atoms with Crippen LogP contribution in [0.15, 0.2) is 48.8 Å². The summed E-state index contributed by atoms with van der Waals surface area (Å²) in [6.07, 6.45) is 3.03. The Labute approximate surface area is 126 Å². The average molecular weight is 299 g/mol. The monoisotopic (exact) mass is 299 g/mol. The highest BCUT2D eigenvalue weighted by Crippen LogP contribution is 2.24. The number of pyridine rings is 1. The second-order valence-electron chi connectivity index (χ2n) is 5.03. The number of ketones is 1. The Bertz CT molecular complexity index is 688. The Morgan fingerprint density at radius 1 is 1.14 bits per heavy atom. The number of hydrogen-bond donors (Lipinski definition) is 1. The van der Waals surface area contributed by atoms with Crippen LogP contribution in [-0.2, 0) is 16.1 Å². The molecule has 0 spiro atoms. The van der Waals surface area contributed by atoms with Gasteiger partial charge in [0.25, 0.3) is 5.91 Å². The molecule has 1 aromatic carbocycles. The van der Waals surface area contributed by atoms with Gasteiger partial charge in [-0.05, 0) is 42.0 Å². The molecule has 1 amide bonds. The van der Waals surface area contributed by atoms with Crippen molar-refractivity contribution in [1.29, 1.82) is 0 Å². The van der Waals surface area contributed by atoms with Crippen LogP contribution < -0.4 is 10.2 Å².